The lowest BCUT2D eigenvalue weighted by molar-refractivity contribution is -0.0521. The fraction of sp³-hybridized carbons (Fsp3) is 0.367. The Labute approximate surface area is 244 Å². The zero-order chi connectivity index (χ0) is 30.6. The van der Waals surface area contributed by atoms with Crippen molar-refractivity contribution in [2.75, 3.05) is 13.7 Å². The van der Waals surface area contributed by atoms with E-state index in [4.69, 9.17) is 22.1 Å². The molecule has 0 bridgehead atoms. The van der Waals surface area contributed by atoms with Crippen LogP contribution >= 0.6 is 11.6 Å². The number of aliphatic hydroxyl groups is 1. The minimum absolute atomic E-state index is 0.0979. The number of halogens is 6. The summed E-state index contributed by atoms with van der Waals surface area (Å²) in [6.07, 6.45) is 2.61. The summed E-state index contributed by atoms with van der Waals surface area (Å²) in [5.41, 5.74) is 4.37. The number of nitrogens with two attached hydrogens (primary N) is 1. The highest BCUT2D eigenvalue weighted by Gasteiger charge is 2.34. The van der Waals surface area contributed by atoms with E-state index in [1.807, 2.05) is 13.1 Å². The lowest BCUT2D eigenvalue weighted by atomic mass is 9.83. The zero-order valence-electron chi connectivity index (χ0n) is 22.6. The predicted octanol–water partition coefficient (Wildman–Crippen LogP) is 6.51. The Morgan fingerprint density at radius 3 is 2.40 bits per heavy atom. The van der Waals surface area contributed by atoms with Crippen LogP contribution in [0.25, 0.3) is 11.1 Å². The molecular weight excluding hydrogens is 583 g/mol. The Balaban J connectivity index is 0.000000310. The fourth-order valence-corrected chi connectivity index (χ4v) is 5.48. The van der Waals surface area contributed by atoms with Crippen molar-refractivity contribution in [2.24, 2.45) is 5.73 Å². The first-order valence-corrected chi connectivity index (χ1v) is 13.6. The van der Waals surface area contributed by atoms with Gasteiger partial charge in [-0.2, -0.15) is 8.78 Å². The van der Waals surface area contributed by atoms with Crippen LogP contribution in [-0.4, -0.2) is 43.0 Å². The molecule has 3 aromatic rings. The third-order valence-electron chi connectivity index (χ3n) is 7.53. The number of benzene rings is 3. The summed E-state index contributed by atoms with van der Waals surface area (Å²) in [5, 5.41) is 12.1. The Morgan fingerprint density at radius 2 is 1.83 bits per heavy atom. The third kappa shape index (κ3) is 6.79. The molecule has 2 aliphatic rings. The molecule has 226 valence electrons. The second kappa shape index (κ2) is 13.3. The molecule has 12 heteroatoms. The highest BCUT2D eigenvalue weighted by molar-refractivity contribution is 6.34. The van der Waals surface area contributed by atoms with E-state index in [1.165, 1.54) is 0 Å². The predicted molar refractivity (Wildman–Crippen MR) is 148 cm³/mol. The number of carbonyl (C=O) groups is 1. The summed E-state index contributed by atoms with van der Waals surface area (Å²) in [5.74, 6) is -4.03. The standard InChI is InChI=1S/C22H14ClF4NO3.C8H16FNO/c23-19-13(24)9-16-12(8-15(30-16)10-4-2-1-3-5-10)17(19)18-11(21(28)29)6-7-14(20(18)25)31-22(26)27;1-10-7-2-4-8(11,6-9)5-3-7/h1-7,9,15,22H,8H2,(H2,28,29);7,10-11H,2-6H2,1H3. The molecule has 0 saturated heterocycles. The Hall–Kier alpha value is -3.41. The van der Waals surface area contributed by atoms with Crippen molar-refractivity contribution in [3.8, 4) is 22.6 Å². The largest absolute Gasteiger partial charge is 0.485 e. The monoisotopic (exact) mass is 612 g/mol. The van der Waals surface area contributed by atoms with Gasteiger partial charge < -0.3 is 25.6 Å². The smallest absolute Gasteiger partial charge is 0.387 e. The number of carbonyl (C=O) groups excluding carboxylic acids is 1. The number of fused-ring (bicyclic) bond motifs is 1. The fourth-order valence-electron chi connectivity index (χ4n) is 5.21. The summed E-state index contributed by atoms with van der Waals surface area (Å²) < 4.78 is 77.5. The van der Waals surface area contributed by atoms with Crippen molar-refractivity contribution in [3.05, 3.63) is 81.9 Å². The number of ether oxygens (including phenoxy) is 2. The lowest BCUT2D eigenvalue weighted by Gasteiger charge is -2.33. The van der Waals surface area contributed by atoms with Gasteiger partial charge in [0.15, 0.2) is 11.6 Å². The van der Waals surface area contributed by atoms with Gasteiger partial charge in [0.1, 0.15) is 24.3 Å². The first kappa shape index (κ1) is 31.5. The molecule has 0 radical (unpaired) electrons. The van der Waals surface area contributed by atoms with Crippen molar-refractivity contribution in [1.82, 2.24) is 5.32 Å². The molecular formula is C30H30ClF5N2O4. The molecule has 6 nitrogen and oxygen atoms in total. The van der Waals surface area contributed by atoms with Crippen molar-refractivity contribution in [2.45, 2.75) is 56.5 Å². The van der Waals surface area contributed by atoms with Crippen LogP contribution in [0.4, 0.5) is 22.0 Å². The molecule has 4 N–H and O–H groups in total. The summed E-state index contributed by atoms with van der Waals surface area (Å²) in [6, 6.07) is 12.4. The number of hydrogen-bond donors (Lipinski definition) is 3. The Morgan fingerprint density at radius 1 is 1.17 bits per heavy atom. The molecule has 0 spiro atoms. The van der Waals surface area contributed by atoms with Gasteiger partial charge in [0.25, 0.3) is 0 Å². The van der Waals surface area contributed by atoms with E-state index in [2.05, 4.69) is 10.1 Å². The molecule has 1 aliphatic carbocycles. The van der Waals surface area contributed by atoms with Gasteiger partial charge in [-0.25, -0.2) is 13.2 Å². The molecule has 5 rings (SSSR count). The van der Waals surface area contributed by atoms with Crippen LogP contribution in [0.1, 0.15) is 53.3 Å². The van der Waals surface area contributed by atoms with E-state index in [1.54, 1.807) is 24.3 Å². The molecule has 1 unspecified atom stereocenters. The van der Waals surface area contributed by atoms with E-state index in [-0.39, 0.29) is 23.3 Å². The first-order chi connectivity index (χ1) is 20.0. The molecule has 1 fully saturated rings. The lowest BCUT2D eigenvalue weighted by Crippen LogP contribution is -2.41. The van der Waals surface area contributed by atoms with Gasteiger partial charge in [0, 0.05) is 35.2 Å². The number of primary amides is 1. The second-order valence-electron chi connectivity index (χ2n) is 10.2. The van der Waals surface area contributed by atoms with Crippen molar-refractivity contribution >= 4 is 17.5 Å². The van der Waals surface area contributed by atoms with Gasteiger partial charge in [-0.05, 0) is 50.4 Å². The van der Waals surface area contributed by atoms with Gasteiger partial charge in [0.2, 0.25) is 5.91 Å². The van der Waals surface area contributed by atoms with Gasteiger partial charge in [-0.1, -0.05) is 41.9 Å². The van der Waals surface area contributed by atoms with Crippen molar-refractivity contribution < 1.29 is 41.3 Å². The van der Waals surface area contributed by atoms with Gasteiger partial charge in [-0.3, -0.25) is 4.79 Å². The zero-order valence-corrected chi connectivity index (χ0v) is 23.4. The maximum Gasteiger partial charge on any atom is 0.387 e. The Bertz CT molecular complexity index is 1420. The molecule has 1 amide bonds. The average molecular weight is 613 g/mol. The summed E-state index contributed by atoms with van der Waals surface area (Å²) in [4.78, 5) is 12.0. The minimum Gasteiger partial charge on any atom is -0.485 e. The van der Waals surface area contributed by atoms with Crippen molar-refractivity contribution in [3.63, 3.8) is 0 Å². The van der Waals surface area contributed by atoms with Gasteiger partial charge >= 0.3 is 6.61 Å². The van der Waals surface area contributed by atoms with Crippen LogP contribution in [-0.2, 0) is 6.42 Å². The third-order valence-corrected chi connectivity index (χ3v) is 7.90. The maximum atomic E-state index is 15.3. The van der Waals surface area contributed by atoms with Gasteiger partial charge in [0.05, 0.1) is 16.2 Å². The van der Waals surface area contributed by atoms with Gasteiger partial charge in [-0.15, -0.1) is 0 Å². The van der Waals surface area contributed by atoms with Crippen LogP contribution in [0, 0.1) is 11.6 Å². The van der Waals surface area contributed by atoms with E-state index in [9.17, 15) is 27.5 Å². The van der Waals surface area contributed by atoms with Crippen LogP contribution in [0.15, 0.2) is 48.5 Å². The molecule has 1 atom stereocenters. The quantitative estimate of drug-likeness (QED) is 0.265. The van der Waals surface area contributed by atoms with Crippen LogP contribution in [0.2, 0.25) is 5.02 Å². The first-order valence-electron chi connectivity index (χ1n) is 13.2. The average Bonchev–Trinajstić information content (AvgIpc) is 3.39. The second-order valence-corrected chi connectivity index (χ2v) is 10.6. The number of rotatable bonds is 7. The molecule has 0 aromatic heterocycles. The molecule has 1 aliphatic heterocycles. The van der Waals surface area contributed by atoms with E-state index < -0.39 is 58.9 Å². The topological polar surface area (TPSA) is 93.8 Å². The van der Waals surface area contributed by atoms with Crippen LogP contribution in [0.5, 0.6) is 11.5 Å². The molecule has 42 heavy (non-hydrogen) atoms. The van der Waals surface area contributed by atoms with E-state index in [0.717, 1.165) is 36.6 Å². The van der Waals surface area contributed by atoms with E-state index in [0.29, 0.717) is 24.4 Å². The Kier molecular flexibility index (Phi) is 9.96. The number of amides is 1. The molecule has 1 heterocycles. The highest BCUT2D eigenvalue weighted by Crippen LogP contribution is 2.48. The van der Waals surface area contributed by atoms with Crippen LogP contribution in [0.3, 0.4) is 0 Å². The summed E-state index contributed by atoms with van der Waals surface area (Å²) in [7, 11) is 1.91. The number of alkyl halides is 3. The number of hydrogen-bond acceptors (Lipinski definition) is 5. The summed E-state index contributed by atoms with van der Waals surface area (Å²) in [6.45, 7) is -3.91. The molecule has 3 aromatic carbocycles. The maximum absolute atomic E-state index is 15.3. The minimum atomic E-state index is -3.32. The molecule has 1 saturated carbocycles. The normalized spacial score (nSPS) is 21.3. The van der Waals surface area contributed by atoms with Crippen molar-refractivity contribution in [1.29, 1.82) is 0 Å². The highest BCUT2D eigenvalue weighted by atomic mass is 35.5. The summed E-state index contributed by atoms with van der Waals surface area (Å²) >= 11 is 6.17. The number of nitrogens with one attached hydrogen (secondary N) is 1. The SMILES string of the molecule is CNC1CCC(O)(CF)CC1.NC(=O)c1ccc(OC(F)F)c(F)c1-c1c(Cl)c(F)cc2c1CC(c1ccccc1)O2. The van der Waals surface area contributed by atoms with Crippen LogP contribution < -0.4 is 20.5 Å². The van der Waals surface area contributed by atoms with E-state index >= 15 is 4.39 Å².